The minimum atomic E-state index is -0.416. The van der Waals surface area contributed by atoms with Crippen LogP contribution in [0.25, 0.3) is 0 Å². The number of aliphatic hydroxyl groups excluding tert-OH is 1. The van der Waals surface area contributed by atoms with Gasteiger partial charge in [0.25, 0.3) is 0 Å². The van der Waals surface area contributed by atoms with Crippen LogP contribution in [-0.2, 0) is 17.7 Å². The van der Waals surface area contributed by atoms with Crippen LogP contribution in [0.2, 0.25) is 5.02 Å². The molecule has 1 heterocycles. The number of fused-ring (bicyclic) bond motifs is 1. The van der Waals surface area contributed by atoms with Crippen molar-refractivity contribution >= 4 is 11.6 Å². The van der Waals surface area contributed by atoms with E-state index in [0.717, 1.165) is 24.5 Å². The van der Waals surface area contributed by atoms with E-state index in [0.29, 0.717) is 13.2 Å². The summed E-state index contributed by atoms with van der Waals surface area (Å²) in [6, 6.07) is 6.03. The lowest BCUT2D eigenvalue weighted by Crippen LogP contribution is -2.38. The van der Waals surface area contributed by atoms with Gasteiger partial charge in [0.15, 0.2) is 0 Å². The molecule has 0 saturated carbocycles. The maximum absolute atomic E-state index is 9.71. The molecule has 0 amide bonds. The number of β-amino-alcohol motifs (C(OH)–C–C–N with tert-alkyl or cyclic N) is 1. The summed E-state index contributed by atoms with van der Waals surface area (Å²) in [5.74, 6) is 0. The lowest BCUT2D eigenvalue weighted by molar-refractivity contribution is 0.0346. The number of rotatable bonds is 4. The Kier molecular flexibility index (Phi) is 4.40. The van der Waals surface area contributed by atoms with E-state index in [2.05, 4.69) is 11.0 Å². The van der Waals surface area contributed by atoms with Crippen LogP contribution in [0.4, 0.5) is 0 Å². The molecule has 4 heteroatoms. The Balaban J connectivity index is 1.99. The van der Waals surface area contributed by atoms with Gasteiger partial charge in [0.2, 0.25) is 0 Å². The summed E-state index contributed by atoms with van der Waals surface area (Å²) in [6.07, 6.45) is 0.537. The predicted octanol–water partition coefficient (Wildman–Crippen LogP) is 1.71. The SMILES string of the molecule is COCC(O)CN1CCc2c(Cl)cccc2C1. The summed E-state index contributed by atoms with van der Waals surface area (Å²) in [6.45, 7) is 2.84. The van der Waals surface area contributed by atoms with Crippen LogP contribution < -0.4 is 0 Å². The zero-order chi connectivity index (χ0) is 12.3. The summed E-state index contributed by atoms with van der Waals surface area (Å²) in [7, 11) is 1.61. The van der Waals surface area contributed by atoms with E-state index in [1.165, 1.54) is 11.1 Å². The molecule has 3 nitrogen and oxygen atoms in total. The highest BCUT2D eigenvalue weighted by molar-refractivity contribution is 6.31. The fraction of sp³-hybridized carbons (Fsp3) is 0.538. The van der Waals surface area contributed by atoms with Crippen molar-refractivity contribution in [2.45, 2.75) is 19.1 Å². The molecule has 0 bridgehead atoms. The number of ether oxygens (including phenoxy) is 1. The second-order valence-electron chi connectivity index (χ2n) is 4.47. The van der Waals surface area contributed by atoms with Crippen LogP contribution in [0, 0.1) is 0 Å². The van der Waals surface area contributed by atoms with Gasteiger partial charge in [-0.2, -0.15) is 0 Å². The molecule has 94 valence electrons. The molecule has 1 atom stereocenters. The van der Waals surface area contributed by atoms with Gasteiger partial charge in [0, 0.05) is 31.8 Å². The maximum atomic E-state index is 9.71. The summed E-state index contributed by atoms with van der Waals surface area (Å²) in [4.78, 5) is 2.24. The molecule has 0 fully saturated rings. The summed E-state index contributed by atoms with van der Waals surface area (Å²) in [5.41, 5.74) is 2.53. The standard InChI is InChI=1S/C13H18ClNO2/c1-17-9-11(16)8-15-6-5-12-10(7-15)3-2-4-13(12)14/h2-4,11,16H,5-9H2,1H3. The van der Waals surface area contributed by atoms with E-state index in [9.17, 15) is 5.11 Å². The van der Waals surface area contributed by atoms with Crippen LogP contribution in [0.3, 0.4) is 0 Å². The molecule has 1 aliphatic rings. The van der Waals surface area contributed by atoms with Crippen molar-refractivity contribution in [3.63, 3.8) is 0 Å². The van der Waals surface area contributed by atoms with Gasteiger partial charge in [-0.05, 0) is 23.6 Å². The molecule has 1 N–H and O–H groups in total. The first kappa shape index (κ1) is 12.8. The van der Waals surface area contributed by atoms with E-state index >= 15 is 0 Å². The third-order valence-electron chi connectivity index (χ3n) is 3.12. The third kappa shape index (κ3) is 3.19. The summed E-state index contributed by atoms with van der Waals surface area (Å²) < 4.78 is 4.94. The zero-order valence-electron chi connectivity index (χ0n) is 10.0. The average molecular weight is 256 g/mol. The Labute approximate surface area is 107 Å². The molecule has 1 unspecified atom stereocenters. The van der Waals surface area contributed by atoms with Gasteiger partial charge >= 0.3 is 0 Å². The summed E-state index contributed by atoms with van der Waals surface area (Å²) >= 11 is 6.16. The van der Waals surface area contributed by atoms with E-state index in [1.54, 1.807) is 7.11 Å². The van der Waals surface area contributed by atoms with Gasteiger partial charge in [0.05, 0.1) is 12.7 Å². The fourth-order valence-corrected chi connectivity index (χ4v) is 2.61. The Morgan fingerprint density at radius 1 is 1.53 bits per heavy atom. The highest BCUT2D eigenvalue weighted by Gasteiger charge is 2.19. The molecule has 0 spiro atoms. The average Bonchev–Trinajstić information content (AvgIpc) is 2.29. The number of hydrogen-bond donors (Lipinski definition) is 1. The molecule has 0 saturated heterocycles. The van der Waals surface area contributed by atoms with Gasteiger partial charge in [-0.3, -0.25) is 4.90 Å². The first-order chi connectivity index (χ1) is 8.20. The van der Waals surface area contributed by atoms with Crippen molar-refractivity contribution in [3.8, 4) is 0 Å². The predicted molar refractivity (Wildman–Crippen MR) is 68.3 cm³/mol. The topological polar surface area (TPSA) is 32.7 Å². The molecule has 1 aromatic rings. The number of nitrogens with zero attached hydrogens (tertiary/aromatic N) is 1. The summed E-state index contributed by atoms with van der Waals surface area (Å²) in [5, 5.41) is 10.6. The first-order valence-corrected chi connectivity index (χ1v) is 6.24. The zero-order valence-corrected chi connectivity index (χ0v) is 10.8. The molecular formula is C13H18ClNO2. The Hall–Kier alpha value is -0.610. The van der Waals surface area contributed by atoms with Crippen molar-refractivity contribution in [2.24, 2.45) is 0 Å². The fourth-order valence-electron chi connectivity index (χ4n) is 2.32. The van der Waals surface area contributed by atoms with Crippen molar-refractivity contribution in [2.75, 3.05) is 26.8 Å². The van der Waals surface area contributed by atoms with E-state index in [4.69, 9.17) is 16.3 Å². The Bertz CT molecular complexity index is 384. The van der Waals surface area contributed by atoms with Gasteiger partial charge in [-0.25, -0.2) is 0 Å². The second kappa shape index (κ2) is 5.83. The smallest absolute Gasteiger partial charge is 0.0900 e. The number of aliphatic hydroxyl groups is 1. The Morgan fingerprint density at radius 2 is 2.35 bits per heavy atom. The number of halogens is 1. The monoisotopic (exact) mass is 255 g/mol. The second-order valence-corrected chi connectivity index (χ2v) is 4.88. The van der Waals surface area contributed by atoms with E-state index < -0.39 is 6.10 Å². The van der Waals surface area contributed by atoms with Gasteiger partial charge in [-0.15, -0.1) is 0 Å². The molecule has 2 rings (SSSR count). The molecule has 1 aliphatic heterocycles. The molecule has 17 heavy (non-hydrogen) atoms. The van der Waals surface area contributed by atoms with Crippen LogP contribution >= 0.6 is 11.6 Å². The van der Waals surface area contributed by atoms with Crippen LogP contribution in [0.1, 0.15) is 11.1 Å². The lowest BCUT2D eigenvalue weighted by Gasteiger charge is -2.30. The quantitative estimate of drug-likeness (QED) is 0.889. The van der Waals surface area contributed by atoms with Gasteiger partial charge in [0.1, 0.15) is 0 Å². The number of benzene rings is 1. The number of hydrogen-bond acceptors (Lipinski definition) is 3. The lowest BCUT2D eigenvalue weighted by atomic mass is 9.99. The van der Waals surface area contributed by atoms with Crippen LogP contribution in [0.15, 0.2) is 18.2 Å². The first-order valence-electron chi connectivity index (χ1n) is 5.86. The number of methoxy groups -OCH3 is 1. The normalized spacial score (nSPS) is 17.8. The minimum Gasteiger partial charge on any atom is -0.389 e. The van der Waals surface area contributed by atoms with Crippen molar-refractivity contribution in [3.05, 3.63) is 34.3 Å². The van der Waals surface area contributed by atoms with Gasteiger partial charge in [-0.1, -0.05) is 23.7 Å². The highest BCUT2D eigenvalue weighted by Crippen LogP contribution is 2.25. The third-order valence-corrected chi connectivity index (χ3v) is 3.47. The largest absolute Gasteiger partial charge is 0.389 e. The van der Waals surface area contributed by atoms with Crippen molar-refractivity contribution < 1.29 is 9.84 Å². The Morgan fingerprint density at radius 3 is 3.12 bits per heavy atom. The molecule has 0 radical (unpaired) electrons. The van der Waals surface area contributed by atoms with Crippen molar-refractivity contribution in [1.82, 2.24) is 4.90 Å². The molecule has 0 aromatic heterocycles. The molecular weight excluding hydrogens is 238 g/mol. The molecule has 1 aromatic carbocycles. The minimum absolute atomic E-state index is 0.388. The molecule has 0 aliphatic carbocycles. The van der Waals surface area contributed by atoms with E-state index in [-0.39, 0.29) is 0 Å². The maximum Gasteiger partial charge on any atom is 0.0900 e. The van der Waals surface area contributed by atoms with Crippen LogP contribution in [-0.4, -0.2) is 42.9 Å². The van der Waals surface area contributed by atoms with Crippen molar-refractivity contribution in [1.29, 1.82) is 0 Å². The van der Waals surface area contributed by atoms with Crippen LogP contribution in [0.5, 0.6) is 0 Å². The van der Waals surface area contributed by atoms with Gasteiger partial charge < -0.3 is 9.84 Å². The van der Waals surface area contributed by atoms with E-state index in [1.807, 2.05) is 12.1 Å². The highest BCUT2D eigenvalue weighted by atomic mass is 35.5.